The van der Waals surface area contributed by atoms with Crippen LogP contribution in [0, 0.1) is 0 Å². The lowest BCUT2D eigenvalue weighted by molar-refractivity contribution is 0.0101. The second kappa shape index (κ2) is 8.11. The maximum absolute atomic E-state index is 3.52. The molecule has 3 nitrogen and oxygen atoms in total. The topological polar surface area (TPSA) is 18.5 Å². The SMILES string of the molecule is C[C@@H]1CN(C2CCNCC2)C[C@@H](C)N1CCc1ccc(Br)cc1. The van der Waals surface area contributed by atoms with E-state index in [2.05, 4.69) is 69.2 Å². The van der Waals surface area contributed by atoms with Crippen molar-refractivity contribution in [2.45, 2.75) is 51.2 Å². The Labute approximate surface area is 149 Å². The zero-order valence-corrected chi connectivity index (χ0v) is 16.1. The molecule has 0 spiro atoms. The first-order valence-electron chi connectivity index (χ1n) is 9.08. The van der Waals surface area contributed by atoms with Gasteiger partial charge in [0.2, 0.25) is 0 Å². The van der Waals surface area contributed by atoms with E-state index in [1.165, 1.54) is 55.6 Å². The highest BCUT2D eigenvalue weighted by atomic mass is 79.9. The third-order valence-electron chi connectivity index (χ3n) is 5.53. The number of nitrogens with zero attached hydrogens (tertiary/aromatic N) is 2. The molecule has 0 bridgehead atoms. The Morgan fingerprint density at radius 1 is 1.04 bits per heavy atom. The van der Waals surface area contributed by atoms with Crippen molar-refractivity contribution in [3.8, 4) is 0 Å². The first-order valence-corrected chi connectivity index (χ1v) is 9.87. The van der Waals surface area contributed by atoms with Crippen molar-refractivity contribution < 1.29 is 0 Å². The summed E-state index contributed by atoms with van der Waals surface area (Å²) in [6.45, 7) is 10.8. The minimum absolute atomic E-state index is 0.657. The second-order valence-electron chi connectivity index (χ2n) is 7.25. The van der Waals surface area contributed by atoms with Crippen LogP contribution in [0.2, 0.25) is 0 Å². The van der Waals surface area contributed by atoms with Crippen LogP contribution in [0.5, 0.6) is 0 Å². The van der Waals surface area contributed by atoms with Crippen LogP contribution in [0.4, 0.5) is 0 Å². The number of halogens is 1. The Bertz CT molecular complexity index is 472. The molecule has 23 heavy (non-hydrogen) atoms. The molecular formula is C19H30BrN3. The summed E-state index contributed by atoms with van der Waals surface area (Å²) < 4.78 is 1.17. The molecule has 1 N–H and O–H groups in total. The highest BCUT2D eigenvalue weighted by Crippen LogP contribution is 2.22. The number of rotatable bonds is 4. The van der Waals surface area contributed by atoms with E-state index in [9.17, 15) is 0 Å². The van der Waals surface area contributed by atoms with Crippen LogP contribution < -0.4 is 5.32 Å². The van der Waals surface area contributed by atoms with Crippen LogP contribution >= 0.6 is 15.9 Å². The van der Waals surface area contributed by atoms with Gasteiger partial charge in [-0.2, -0.15) is 0 Å². The maximum atomic E-state index is 3.52. The fourth-order valence-corrected chi connectivity index (χ4v) is 4.48. The zero-order chi connectivity index (χ0) is 16.2. The standard InChI is InChI=1S/C19H30BrN3/c1-15-13-22(19-7-10-21-11-8-19)14-16(2)23(15)12-9-17-3-5-18(20)6-4-17/h3-6,15-16,19,21H,7-14H2,1-2H3/t15-,16-/m1/s1. The van der Waals surface area contributed by atoms with Crippen molar-refractivity contribution in [1.82, 2.24) is 15.1 Å². The van der Waals surface area contributed by atoms with Crippen molar-refractivity contribution in [2.75, 3.05) is 32.7 Å². The molecule has 1 aromatic rings. The predicted molar refractivity (Wildman–Crippen MR) is 101 cm³/mol. The first kappa shape index (κ1) is 17.4. The molecule has 2 fully saturated rings. The third-order valence-corrected chi connectivity index (χ3v) is 6.06. The van der Waals surface area contributed by atoms with E-state index in [4.69, 9.17) is 0 Å². The summed E-state index contributed by atoms with van der Waals surface area (Å²) in [6.07, 6.45) is 3.78. The van der Waals surface area contributed by atoms with Gasteiger partial charge in [-0.1, -0.05) is 28.1 Å². The zero-order valence-electron chi connectivity index (χ0n) is 14.5. The van der Waals surface area contributed by atoms with Gasteiger partial charge in [-0.05, 0) is 63.9 Å². The van der Waals surface area contributed by atoms with E-state index in [-0.39, 0.29) is 0 Å². The molecule has 0 saturated carbocycles. The molecule has 128 valence electrons. The quantitative estimate of drug-likeness (QED) is 0.866. The molecule has 2 aliphatic rings. The molecule has 2 atom stereocenters. The molecule has 2 saturated heterocycles. The Hall–Kier alpha value is -0.420. The fourth-order valence-electron chi connectivity index (χ4n) is 4.22. The Morgan fingerprint density at radius 3 is 2.26 bits per heavy atom. The second-order valence-corrected chi connectivity index (χ2v) is 8.16. The average molecular weight is 380 g/mol. The Kier molecular flexibility index (Phi) is 6.13. The lowest BCUT2D eigenvalue weighted by atomic mass is 9.99. The molecule has 4 heteroatoms. The van der Waals surface area contributed by atoms with Crippen LogP contribution in [-0.4, -0.2) is 60.6 Å². The summed E-state index contributed by atoms with van der Waals surface area (Å²) in [5.74, 6) is 0. The first-order chi connectivity index (χ1) is 11.1. The van der Waals surface area contributed by atoms with Gasteiger partial charge in [0.25, 0.3) is 0 Å². The van der Waals surface area contributed by atoms with E-state index in [0.717, 1.165) is 12.5 Å². The molecule has 3 rings (SSSR count). The maximum Gasteiger partial charge on any atom is 0.0198 e. The lowest BCUT2D eigenvalue weighted by Crippen LogP contribution is -2.60. The highest BCUT2D eigenvalue weighted by Gasteiger charge is 2.32. The van der Waals surface area contributed by atoms with Gasteiger partial charge >= 0.3 is 0 Å². The van der Waals surface area contributed by atoms with E-state index >= 15 is 0 Å². The number of benzene rings is 1. The Morgan fingerprint density at radius 2 is 1.65 bits per heavy atom. The molecular weight excluding hydrogens is 350 g/mol. The van der Waals surface area contributed by atoms with Gasteiger partial charge in [0, 0.05) is 42.2 Å². The number of piperazine rings is 1. The fraction of sp³-hybridized carbons (Fsp3) is 0.684. The number of piperidine rings is 1. The van der Waals surface area contributed by atoms with E-state index in [1.54, 1.807) is 0 Å². The van der Waals surface area contributed by atoms with Gasteiger partial charge in [-0.3, -0.25) is 9.80 Å². The van der Waals surface area contributed by atoms with E-state index in [1.807, 2.05) is 0 Å². The molecule has 0 aliphatic carbocycles. The van der Waals surface area contributed by atoms with Gasteiger partial charge in [0.1, 0.15) is 0 Å². The molecule has 2 aliphatic heterocycles. The monoisotopic (exact) mass is 379 g/mol. The van der Waals surface area contributed by atoms with Crippen LogP contribution in [0.1, 0.15) is 32.3 Å². The van der Waals surface area contributed by atoms with Crippen molar-refractivity contribution in [2.24, 2.45) is 0 Å². The van der Waals surface area contributed by atoms with Crippen molar-refractivity contribution in [1.29, 1.82) is 0 Å². The normalized spacial score (nSPS) is 28.1. The minimum atomic E-state index is 0.657. The van der Waals surface area contributed by atoms with Crippen molar-refractivity contribution in [3.05, 3.63) is 34.3 Å². The smallest absolute Gasteiger partial charge is 0.0198 e. The summed E-state index contributed by atoms with van der Waals surface area (Å²) in [6, 6.07) is 10.9. The molecule has 0 amide bonds. The van der Waals surface area contributed by atoms with Gasteiger partial charge in [0.05, 0.1) is 0 Å². The summed E-state index contributed by atoms with van der Waals surface area (Å²) in [4.78, 5) is 5.46. The molecule has 0 aromatic heterocycles. The molecule has 2 heterocycles. The third kappa shape index (κ3) is 4.56. The van der Waals surface area contributed by atoms with Gasteiger partial charge in [-0.15, -0.1) is 0 Å². The largest absolute Gasteiger partial charge is 0.317 e. The number of nitrogens with one attached hydrogen (secondary N) is 1. The Balaban J connectivity index is 1.53. The highest BCUT2D eigenvalue weighted by molar-refractivity contribution is 9.10. The van der Waals surface area contributed by atoms with Crippen molar-refractivity contribution in [3.63, 3.8) is 0 Å². The van der Waals surface area contributed by atoms with Gasteiger partial charge in [-0.25, -0.2) is 0 Å². The lowest BCUT2D eigenvalue weighted by Gasteiger charge is -2.48. The number of hydrogen-bond donors (Lipinski definition) is 1. The predicted octanol–water partition coefficient (Wildman–Crippen LogP) is 3.14. The summed E-state index contributed by atoms with van der Waals surface area (Å²) in [5.41, 5.74) is 1.44. The van der Waals surface area contributed by atoms with Crippen molar-refractivity contribution >= 4 is 15.9 Å². The van der Waals surface area contributed by atoms with Gasteiger partial charge in [0.15, 0.2) is 0 Å². The number of hydrogen-bond acceptors (Lipinski definition) is 3. The van der Waals surface area contributed by atoms with Crippen LogP contribution in [0.15, 0.2) is 28.7 Å². The summed E-state index contributed by atoms with van der Waals surface area (Å²) >= 11 is 3.52. The summed E-state index contributed by atoms with van der Waals surface area (Å²) in [5, 5.41) is 3.49. The minimum Gasteiger partial charge on any atom is -0.317 e. The van der Waals surface area contributed by atoms with Gasteiger partial charge < -0.3 is 5.32 Å². The molecule has 1 aromatic carbocycles. The van der Waals surface area contributed by atoms with Crippen LogP contribution in [-0.2, 0) is 6.42 Å². The van der Waals surface area contributed by atoms with E-state index in [0.29, 0.717) is 12.1 Å². The summed E-state index contributed by atoms with van der Waals surface area (Å²) in [7, 11) is 0. The van der Waals surface area contributed by atoms with E-state index < -0.39 is 0 Å². The average Bonchev–Trinajstić information content (AvgIpc) is 2.56. The van der Waals surface area contributed by atoms with Crippen LogP contribution in [0.25, 0.3) is 0 Å². The van der Waals surface area contributed by atoms with Crippen LogP contribution in [0.3, 0.4) is 0 Å². The molecule has 0 radical (unpaired) electrons. The molecule has 0 unspecified atom stereocenters.